The number of rotatable bonds is 9. The highest BCUT2D eigenvalue weighted by Crippen LogP contribution is 2.19. The minimum atomic E-state index is -0.217. The first-order chi connectivity index (χ1) is 16.1. The summed E-state index contributed by atoms with van der Waals surface area (Å²) < 4.78 is 0. The van der Waals surface area contributed by atoms with E-state index in [1.807, 2.05) is 23.1 Å². The lowest BCUT2D eigenvalue weighted by Crippen LogP contribution is -2.47. The van der Waals surface area contributed by atoms with Gasteiger partial charge in [-0.1, -0.05) is 42.5 Å². The number of piperazine rings is 1. The van der Waals surface area contributed by atoms with Gasteiger partial charge in [0.1, 0.15) is 0 Å². The van der Waals surface area contributed by atoms with Gasteiger partial charge in [0.15, 0.2) is 0 Å². The Morgan fingerprint density at radius 3 is 2.55 bits per heavy atom. The van der Waals surface area contributed by atoms with Gasteiger partial charge in [-0.25, -0.2) is 0 Å². The predicted molar refractivity (Wildman–Crippen MR) is 132 cm³/mol. The summed E-state index contributed by atoms with van der Waals surface area (Å²) in [6, 6.07) is 18.9. The fourth-order valence-electron chi connectivity index (χ4n) is 4.79. The molecule has 2 saturated heterocycles. The number of likely N-dealkylation sites (tertiary alicyclic amines) is 1. The number of carbonyl (C=O) groups is 2. The Balaban J connectivity index is 1.11. The van der Waals surface area contributed by atoms with Crippen molar-refractivity contribution in [3.63, 3.8) is 0 Å². The number of hydrogen-bond acceptors (Lipinski definition) is 4. The third-order valence-electron chi connectivity index (χ3n) is 6.79. The van der Waals surface area contributed by atoms with E-state index in [4.69, 9.17) is 0 Å². The van der Waals surface area contributed by atoms with Gasteiger partial charge in [-0.3, -0.25) is 14.5 Å². The number of nitrogens with one attached hydrogen (secondary N) is 1. The van der Waals surface area contributed by atoms with Crippen molar-refractivity contribution in [2.24, 2.45) is 5.92 Å². The number of aryl methyl sites for hydroxylation is 1. The third kappa shape index (κ3) is 6.57. The van der Waals surface area contributed by atoms with Gasteiger partial charge in [0.25, 0.3) is 0 Å². The largest absolute Gasteiger partial charge is 0.369 e. The van der Waals surface area contributed by atoms with Crippen molar-refractivity contribution in [3.8, 4) is 0 Å². The molecular weight excluding hydrogens is 412 g/mol. The molecule has 0 spiro atoms. The van der Waals surface area contributed by atoms with E-state index >= 15 is 0 Å². The maximum Gasteiger partial charge on any atom is 0.225 e. The summed E-state index contributed by atoms with van der Waals surface area (Å²) in [6.07, 6.45) is 2.11. The molecule has 33 heavy (non-hydrogen) atoms. The first-order valence-corrected chi connectivity index (χ1v) is 12.2. The van der Waals surface area contributed by atoms with Gasteiger partial charge < -0.3 is 15.1 Å². The first kappa shape index (κ1) is 23.3. The van der Waals surface area contributed by atoms with Crippen molar-refractivity contribution < 1.29 is 9.59 Å². The summed E-state index contributed by atoms with van der Waals surface area (Å²) in [4.78, 5) is 31.7. The first-order valence-electron chi connectivity index (χ1n) is 12.2. The van der Waals surface area contributed by atoms with Crippen LogP contribution in [0, 0.1) is 12.8 Å². The second kappa shape index (κ2) is 11.3. The van der Waals surface area contributed by atoms with Crippen LogP contribution in [0.1, 0.15) is 24.0 Å². The molecule has 1 N–H and O–H groups in total. The van der Waals surface area contributed by atoms with E-state index in [0.29, 0.717) is 26.1 Å². The SMILES string of the molecule is Cc1cccc(N2CCN(CCCNC(=O)[C@@H]3CC(=O)N(CCc4ccccc4)C3)CC2)c1. The number of nitrogens with zero attached hydrogens (tertiary/aromatic N) is 3. The molecule has 0 saturated carbocycles. The molecule has 0 aliphatic carbocycles. The van der Waals surface area contributed by atoms with Gasteiger partial charge in [0, 0.05) is 57.9 Å². The van der Waals surface area contributed by atoms with Crippen molar-refractivity contribution in [2.75, 3.05) is 57.3 Å². The smallest absolute Gasteiger partial charge is 0.225 e. The van der Waals surface area contributed by atoms with Gasteiger partial charge in [-0.15, -0.1) is 0 Å². The van der Waals surface area contributed by atoms with Gasteiger partial charge in [-0.2, -0.15) is 0 Å². The molecular formula is C27H36N4O2. The van der Waals surface area contributed by atoms with E-state index in [-0.39, 0.29) is 17.7 Å². The van der Waals surface area contributed by atoms with Gasteiger partial charge in [-0.05, 0) is 49.6 Å². The molecule has 2 aromatic carbocycles. The van der Waals surface area contributed by atoms with Gasteiger partial charge >= 0.3 is 0 Å². The van der Waals surface area contributed by atoms with Crippen molar-refractivity contribution in [1.82, 2.24) is 15.1 Å². The highest BCUT2D eigenvalue weighted by atomic mass is 16.2. The van der Waals surface area contributed by atoms with E-state index in [1.165, 1.54) is 16.8 Å². The van der Waals surface area contributed by atoms with Crippen LogP contribution >= 0.6 is 0 Å². The Labute approximate surface area is 197 Å². The van der Waals surface area contributed by atoms with Crippen molar-refractivity contribution in [2.45, 2.75) is 26.2 Å². The van der Waals surface area contributed by atoms with Crippen LogP contribution in [0.2, 0.25) is 0 Å². The number of amides is 2. The van der Waals surface area contributed by atoms with Crippen LogP contribution in [-0.2, 0) is 16.0 Å². The van der Waals surface area contributed by atoms with Crippen LogP contribution < -0.4 is 10.2 Å². The summed E-state index contributed by atoms with van der Waals surface area (Å²) in [7, 11) is 0. The van der Waals surface area contributed by atoms with Crippen molar-refractivity contribution in [3.05, 3.63) is 65.7 Å². The van der Waals surface area contributed by atoms with Crippen molar-refractivity contribution >= 4 is 17.5 Å². The van der Waals surface area contributed by atoms with Crippen LogP contribution in [0.25, 0.3) is 0 Å². The Morgan fingerprint density at radius 2 is 1.79 bits per heavy atom. The van der Waals surface area contributed by atoms with Gasteiger partial charge in [0.2, 0.25) is 11.8 Å². The Bertz CT molecular complexity index is 925. The monoisotopic (exact) mass is 448 g/mol. The summed E-state index contributed by atoms with van der Waals surface area (Å²) in [6.45, 7) is 9.21. The average Bonchev–Trinajstić information content (AvgIpc) is 3.22. The zero-order chi connectivity index (χ0) is 23.0. The predicted octanol–water partition coefficient (Wildman–Crippen LogP) is 2.71. The highest BCUT2D eigenvalue weighted by Gasteiger charge is 2.33. The molecule has 2 aliphatic heterocycles. The zero-order valence-corrected chi connectivity index (χ0v) is 19.7. The summed E-state index contributed by atoms with van der Waals surface area (Å²) in [5.41, 5.74) is 3.83. The highest BCUT2D eigenvalue weighted by molar-refractivity contribution is 5.89. The molecule has 6 heteroatoms. The molecule has 0 unspecified atom stereocenters. The van der Waals surface area contributed by atoms with E-state index in [9.17, 15) is 9.59 Å². The zero-order valence-electron chi connectivity index (χ0n) is 19.7. The molecule has 4 rings (SSSR count). The molecule has 1 atom stereocenters. The minimum Gasteiger partial charge on any atom is -0.369 e. The third-order valence-corrected chi connectivity index (χ3v) is 6.79. The van der Waals surface area contributed by atoms with Crippen LogP contribution in [0.3, 0.4) is 0 Å². The van der Waals surface area contributed by atoms with E-state index < -0.39 is 0 Å². The number of hydrogen-bond donors (Lipinski definition) is 1. The number of carbonyl (C=O) groups excluding carboxylic acids is 2. The molecule has 2 aliphatic rings. The minimum absolute atomic E-state index is 0.0230. The Kier molecular flexibility index (Phi) is 8.00. The Morgan fingerprint density at radius 1 is 1.00 bits per heavy atom. The van der Waals surface area contributed by atoms with E-state index in [1.54, 1.807) is 0 Å². The molecule has 6 nitrogen and oxygen atoms in total. The van der Waals surface area contributed by atoms with E-state index in [2.05, 4.69) is 58.4 Å². The molecule has 2 fully saturated rings. The van der Waals surface area contributed by atoms with Crippen LogP contribution in [0.15, 0.2) is 54.6 Å². The summed E-state index contributed by atoms with van der Waals surface area (Å²) in [5.74, 6) is -0.0986. The second-order valence-corrected chi connectivity index (χ2v) is 9.29. The van der Waals surface area contributed by atoms with Crippen LogP contribution in [-0.4, -0.2) is 74.0 Å². The maximum atomic E-state index is 12.6. The van der Waals surface area contributed by atoms with Crippen LogP contribution in [0.5, 0.6) is 0 Å². The fraction of sp³-hybridized carbons (Fsp3) is 0.481. The molecule has 2 heterocycles. The molecule has 0 bridgehead atoms. The average molecular weight is 449 g/mol. The van der Waals surface area contributed by atoms with Gasteiger partial charge in [0.05, 0.1) is 5.92 Å². The van der Waals surface area contributed by atoms with E-state index in [0.717, 1.165) is 45.6 Å². The number of anilines is 1. The summed E-state index contributed by atoms with van der Waals surface area (Å²) in [5, 5.41) is 3.07. The number of benzene rings is 2. The molecule has 176 valence electrons. The lowest BCUT2D eigenvalue weighted by atomic mass is 10.1. The summed E-state index contributed by atoms with van der Waals surface area (Å²) >= 11 is 0. The second-order valence-electron chi connectivity index (χ2n) is 9.29. The molecule has 2 amide bonds. The van der Waals surface area contributed by atoms with Crippen molar-refractivity contribution in [1.29, 1.82) is 0 Å². The topological polar surface area (TPSA) is 55.9 Å². The fourth-order valence-corrected chi connectivity index (χ4v) is 4.79. The molecule has 2 aromatic rings. The molecule has 0 radical (unpaired) electrons. The van der Waals surface area contributed by atoms with Crippen LogP contribution in [0.4, 0.5) is 5.69 Å². The normalized spacial score (nSPS) is 19.2. The lowest BCUT2D eigenvalue weighted by molar-refractivity contribution is -0.129. The lowest BCUT2D eigenvalue weighted by Gasteiger charge is -2.36. The standard InChI is InChI=1S/C27H36N4O2/c1-22-7-5-10-25(19-22)30-17-15-29(16-18-30)13-6-12-28-27(33)24-20-26(32)31(21-24)14-11-23-8-3-2-4-9-23/h2-5,7-10,19,24H,6,11-18,20-21H2,1H3,(H,28,33)/t24-/m1/s1. The quantitative estimate of drug-likeness (QED) is 0.600. The maximum absolute atomic E-state index is 12.6. The molecule has 0 aromatic heterocycles. The Hall–Kier alpha value is -2.86.